The molecule has 4 rings (SSSR count). The Hall–Kier alpha value is -2.69. The summed E-state index contributed by atoms with van der Waals surface area (Å²) < 4.78 is 1.04. The number of nitrogens with one attached hydrogen (secondary N) is 1. The molecule has 0 atom stereocenters. The molecule has 0 saturated carbocycles. The first-order valence-corrected chi connectivity index (χ1v) is 9.99. The quantitative estimate of drug-likeness (QED) is 0.265. The molecule has 138 valence electrons. The van der Waals surface area contributed by atoms with E-state index in [0.717, 1.165) is 37.8 Å². The first-order valence-electron chi connectivity index (χ1n) is 8.82. The Morgan fingerprint density at radius 1 is 0.964 bits per heavy atom. The fourth-order valence-electron chi connectivity index (χ4n) is 3.01. The van der Waals surface area contributed by atoms with E-state index in [9.17, 15) is 0 Å². The molecule has 1 N–H and O–H groups in total. The van der Waals surface area contributed by atoms with Crippen LogP contribution in [0, 0.1) is 0 Å². The number of halogens is 2. The molecule has 0 aliphatic rings. The molecule has 0 aliphatic carbocycles. The molecule has 1 heterocycles. The zero-order chi connectivity index (χ0) is 19.5. The van der Waals surface area contributed by atoms with Crippen LogP contribution in [0.2, 0.25) is 5.02 Å². The van der Waals surface area contributed by atoms with Crippen molar-refractivity contribution in [3.05, 3.63) is 93.9 Å². The highest BCUT2D eigenvalue weighted by atomic mass is 79.9. The topological polar surface area (TPSA) is 37.3 Å². The van der Waals surface area contributed by atoms with Crippen molar-refractivity contribution in [3.8, 4) is 11.1 Å². The molecule has 0 radical (unpaired) electrons. The van der Waals surface area contributed by atoms with Crippen LogP contribution in [0.3, 0.4) is 0 Å². The normalized spacial score (nSPS) is 11.6. The van der Waals surface area contributed by atoms with E-state index in [2.05, 4.69) is 38.6 Å². The summed E-state index contributed by atoms with van der Waals surface area (Å²) in [7, 11) is 0. The molecular formula is C23H17BrClN3. The van der Waals surface area contributed by atoms with Gasteiger partial charge in [0.05, 0.1) is 11.2 Å². The Morgan fingerprint density at radius 2 is 1.71 bits per heavy atom. The van der Waals surface area contributed by atoms with Crippen LogP contribution in [0.1, 0.15) is 12.5 Å². The maximum atomic E-state index is 6.23. The zero-order valence-electron chi connectivity index (χ0n) is 15.2. The fourth-order valence-corrected chi connectivity index (χ4v) is 3.45. The van der Waals surface area contributed by atoms with E-state index < -0.39 is 0 Å². The lowest BCUT2D eigenvalue weighted by Crippen LogP contribution is -2.01. The van der Waals surface area contributed by atoms with Crippen molar-refractivity contribution in [1.82, 2.24) is 4.98 Å². The third-order valence-corrected chi connectivity index (χ3v) is 5.22. The van der Waals surface area contributed by atoms with Crippen LogP contribution in [-0.2, 0) is 0 Å². The fraction of sp³-hybridized carbons (Fsp3) is 0.0435. The van der Waals surface area contributed by atoms with Crippen molar-refractivity contribution in [2.45, 2.75) is 6.92 Å². The zero-order valence-corrected chi connectivity index (χ0v) is 17.5. The van der Waals surface area contributed by atoms with Gasteiger partial charge in [0.1, 0.15) is 5.82 Å². The van der Waals surface area contributed by atoms with Gasteiger partial charge in [-0.1, -0.05) is 70.0 Å². The van der Waals surface area contributed by atoms with Crippen LogP contribution in [-0.4, -0.2) is 10.7 Å². The van der Waals surface area contributed by atoms with E-state index in [-0.39, 0.29) is 0 Å². The van der Waals surface area contributed by atoms with Crippen molar-refractivity contribution < 1.29 is 0 Å². The highest BCUT2D eigenvalue weighted by Gasteiger charge is 2.09. The molecule has 0 saturated heterocycles. The van der Waals surface area contributed by atoms with E-state index in [1.807, 2.05) is 73.7 Å². The van der Waals surface area contributed by atoms with Gasteiger partial charge in [-0.2, -0.15) is 5.10 Å². The molecule has 0 aliphatic heterocycles. The lowest BCUT2D eigenvalue weighted by atomic mass is 10.0. The summed E-state index contributed by atoms with van der Waals surface area (Å²) in [6.07, 6.45) is 0. The monoisotopic (exact) mass is 449 g/mol. The first kappa shape index (κ1) is 18.7. The van der Waals surface area contributed by atoms with Crippen LogP contribution >= 0.6 is 27.5 Å². The van der Waals surface area contributed by atoms with Crippen LogP contribution in [0.15, 0.2) is 88.4 Å². The number of hydrogen-bond donors (Lipinski definition) is 1. The Kier molecular flexibility index (Phi) is 5.42. The predicted molar refractivity (Wildman–Crippen MR) is 122 cm³/mol. The number of benzene rings is 3. The third kappa shape index (κ3) is 4.08. The molecule has 0 unspecified atom stereocenters. The molecule has 4 aromatic rings. The number of pyridine rings is 1. The minimum atomic E-state index is 0.685. The number of fused-ring (bicyclic) bond motifs is 1. The van der Waals surface area contributed by atoms with Gasteiger partial charge in [-0.3, -0.25) is 5.43 Å². The molecule has 0 amide bonds. The second-order valence-electron chi connectivity index (χ2n) is 6.40. The van der Waals surface area contributed by atoms with E-state index in [1.54, 1.807) is 0 Å². The molecule has 0 fully saturated rings. The summed E-state index contributed by atoms with van der Waals surface area (Å²) in [4.78, 5) is 4.70. The minimum absolute atomic E-state index is 0.685. The van der Waals surface area contributed by atoms with Crippen LogP contribution in [0.4, 0.5) is 5.82 Å². The van der Waals surface area contributed by atoms with Gasteiger partial charge in [-0.15, -0.1) is 0 Å². The predicted octanol–water partition coefficient (Wildman–Crippen LogP) is 7.15. The van der Waals surface area contributed by atoms with Crippen molar-refractivity contribution in [1.29, 1.82) is 0 Å². The summed E-state index contributed by atoms with van der Waals surface area (Å²) in [6.45, 7) is 1.97. The highest BCUT2D eigenvalue weighted by Crippen LogP contribution is 2.32. The maximum Gasteiger partial charge on any atom is 0.147 e. The van der Waals surface area contributed by atoms with Gasteiger partial charge >= 0.3 is 0 Å². The number of rotatable bonds is 4. The van der Waals surface area contributed by atoms with Gasteiger partial charge < -0.3 is 0 Å². The second kappa shape index (κ2) is 8.13. The Bertz CT molecular complexity index is 1160. The van der Waals surface area contributed by atoms with Crippen molar-refractivity contribution in [2.75, 3.05) is 5.43 Å². The van der Waals surface area contributed by atoms with Crippen LogP contribution < -0.4 is 5.43 Å². The second-order valence-corrected chi connectivity index (χ2v) is 7.75. The van der Waals surface area contributed by atoms with E-state index in [1.165, 1.54) is 0 Å². The summed E-state index contributed by atoms with van der Waals surface area (Å²) in [5.41, 5.74) is 8.07. The number of aromatic nitrogens is 1. The standard InChI is InChI=1S/C23H17BrClN3/c1-15(16-7-9-18(24)10-8-16)27-28-23-14-20(17-5-3-2-4-6-17)21-13-19(25)11-12-22(21)26-23/h2-14H,1H3,(H,26,28). The Morgan fingerprint density at radius 3 is 2.46 bits per heavy atom. The third-order valence-electron chi connectivity index (χ3n) is 4.46. The van der Waals surface area contributed by atoms with E-state index in [0.29, 0.717) is 10.8 Å². The summed E-state index contributed by atoms with van der Waals surface area (Å²) >= 11 is 9.68. The SMILES string of the molecule is CC(=NNc1cc(-c2ccccc2)c2cc(Cl)ccc2n1)c1ccc(Br)cc1. The number of hydrogen-bond acceptors (Lipinski definition) is 3. The Labute approximate surface area is 177 Å². The van der Waals surface area contributed by atoms with Gasteiger partial charge in [0.25, 0.3) is 0 Å². The van der Waals surface area contributed by atoms with Crippen LogP contribution in [0.5, 0.6) is 0 Å². The molecule has 3 aromatic carbocycles. The lowest BCUT2D eigenvalue weighted by Gasteiger charge is -2.11. The van der Waals surface area contributed by atoms with Crippen molar-refractivity contribution in [3.63, 3.8) is 0 Å². The van der Waals surface area contributed by atoms with Gasteiger partial charge in [0.2, 0.25) is 0 Å². The molecule has 0 bridgehead atoms. The number of nitrogens with zero attached hydrogens (tertiary/aromatic N) is 2. The average Bonchev–Trinajstić information content (AvgIpc) is 2.72. The molecule has 0 spiro atoms. The first-order chi connectivity index (χ1) is 13.6. The average molecular weight is 451 g/mol. The van der Waals surface area contributed by atoms with Gasteiger partial charge in [0, 0.05) is 14.9 Å². The van der Waals surface area contributed by atoms with Crippen molar-refractivity contribution >= 4 is 50.0 Å². The largest absolute Gasteiger partial charge is 0.261 e. The molecule has 28 heavy (non-hydrogen) atoms. The van der Waals surface area contributed by atoms with E-state index >= 15 is 0 Å². The minimum Gasteiger partial charge on any atom is -0.261 e. The smallest absolute Gasteiger partial charge is 0.147 e. The summed E-state index contributed by atoms with van der Waals surface area (Å²) in [5, 5.41) is 6.22. The van der Waals surface area contributed by atoms with E-state index in [4.69, 9.17) is 16.6 Å². The Balaban J connectivity index is 1.74. The number of hydrazone groups is 1. The van der Waals surface area contributed by atoms with Crippen molar-refractivity contribution in [2.24, 2.45) is 5.10 Å². The summed E-state index contributed by atoms with van der Waals surface area (Å²) in [6, 6.07) is 26.0. The summed E-state index contributed by atoms with van der Waals surface area (Å²) in [5.74, 6) is 0.685. The molecule has 3 nitrogen and oxygen atoms in total. The van der Waals surface area contributed by atoms with Gasteiger partial charge in [-0.05, 0) is 60.0 Å². The highest BCUT2D eigenvalue weighted by molar-refractivity contribution is 9.10. The number of anilines is 1. The molecular weight excluding hydrogens is 434 g/mol. The molecule has 1 aromatic heterocycles. The van der Waals surface area contributed by atoms with Crippen LogP contribution in [0.25, 0.3) is 22.0 Å². The molecule has 5 heteroatoms. The van der Waals surface area contributed by atoms with Gasteiger partial charge in [0.15, 0.2) is 0 Å². The lowest BCUT2D eigenvalue weighted by molar-refractivity contribution is 1.25. The maximum absolute atomic E-state index is 6.23. The van der Waals surface area contributed by atoms with Gasteiger partial charge in [-0.25, -0.2) is 4.98 Å².